The monoisotopic (exact) mass is 410 g/mol. The van der Waals surface area contributed by atoms with Crippen LogP contribution in [0.3, 0.4) is 0 Å². The van der Waals surface area contributed by atoms with Gasteiger partial charge in [-0.05, 0) is 25.3 Å². The van der Waals surface area contributed by atoms with E-state index in [9.17, 15) is 9.59 Å². The molecule has 0 spiro atoms. The maximum atomic E-state index is 12.2. The number of rotatable bonds is 4. The predicted molar refractivity (Wildman–Crippen MR) is 89.3 cm³/mol. The molecule has 1 aromatic rings. The number of cyclic esters (lactones) is 1. The molecule has 4 atom stereocenters. The van der Waals surface area contributed by atoms with Crippen molar-refractivity contribution in [3.8, 4) is 0 Å². The number of aromatic nitrogens is 2. The Hall–Kier alpha value is -1.02. The average molecular weight is 412 g/mol. The van der Waals surface area contributed by atoms with E-state index in [0.29, 0.717) is 0 Å². The van der Waals surface area contributed by atoms with E-state index < -0.39 is 28.1 Å². The molecule has 2 heterocycles. The molecule has 0 N–H and O–H groups in total. The molecule has 10 heteroatoms. The molecule has 1 aliphatic heterocycles. The highest BCUT2D eigenvalue weighted by Crippen LogP contribution is 2.37. The van der Waals surface area contributed by atoms with Crippen LogP contribution in [0.1, 0.15) is 38.1 Å². The SMILES string of the molecule is O=C(C[C@@H]1O[C@@H](C(Cl)(Cl)Cl)OC1=O)O[C@H]1CCCC[C@@H]1n1cccn1. The molecule has 1 aromatic heterocycles. The summed E-state index contributed by atoms with van der Waals surface area (Å²) >= 11 is 16.9. The van der Waals surface area contributed by atoms with Crippen molar-refractivity contribution >= 4 is 46.7 Å². The third kappa shape index (κ3) is 4.58. The molecule has 0 bridgehead atoms. The van der Waals surface area contributed by atoms with Gasteiger partial charge in [-0.2, -0.15) is 5.10 Å². The first-order chi connectivity index (χ1) is 11.8. The van der Waals surface area contributed by atoms with Crippen LogP contribution in [0.4, 0.5) is 0 Å². The molecule has 1 aliphatic carbocycles. The third-order valence-corrected chi connectivity index (χ3v) is 4.74. The maximum Gasteiger partial charge on any atom is 0.338 e. The highest BCUT2D eigenvalue weighted by molar-refractivity contribution is 6.68. The van der Waals surface area contributed by atoms with Crippen molar-refractivity contribution in [3.63, 3.8) is 0 Å². The second kappa shape index (κ2) is 7.70. The number of carbonyl (C=O) groups excluding carboxylic acids is 2. The van der Waals surface area contributed by atoms with Crippen LogP contribution >= 0.6 is 34.8 Å². The smallest absolute Gasteiger partial charge is 0.338 e. The van der Waals surface area contributed by atoms with Crippen molar-refractivity contribution < 1.29 is 23.8 Å². The summed E-state index contributed by atoms with van der Waals surface area (Å²) in [7, 11) is 0. The lowest BCUT2D eigenvalue weighted by Crippen LogP contribution is -2.34. The Labute approximate surface area is 159 Å². The quantitative estimate of drug-likeness (QED) is 0.560. The van der Waals surface area contributed by atoms with E-state index in [0.717, 1.165) is 25.7 Å². The van der Waals surface area contributed by atoms with Crippen LogP contribution in [0.5, 0.6) is 0 Å². The Kier molecular flexibility index (Phi) is 5.78. The van der Waals surface area contributed by atoms with E-state index in [2.05, 4.69) is 5.10 Å². The molecule has 138 valence electrons. The number of hydrogen-bond acceptors (Lipinski definition) is 6. The van der Waals surface area contributed by atoms with E-state index in [1.54, 1.807) is 10.9 Å². The van der Waals surface area contributed by atoms with Crippen molar-refractivity contribution in [3.05, 3.63) is 18.5 Å². The van der Waals surface area contributed by atoms with Gasteiger partial charge in [0.05, 0.1) is 12.5 Å². The molecule has 0 amide bonds. The van der Waals surface area contributed by atoms with E-state index in [1.165, 1.54) is 0 Å². The van der Waals surface area contributed by atoms with E-state index in [4.69, 9.17) is 49.0 Å². The van der Waals surface area contributed by atoms with Gasteiger partial charge in [0.2, 0.25) is 0 Å². The van der Waals surface area contributed by atoms with Crippen LogP contribution in [0.2, 0.25) is 0 Å². The number of nitrogens with zero attached hydrogens (tertiary/aromatic N) is 2. The van der Waals surface area contributed by atoms with Crippen LogP contribution in [0.15, 0.2) is 18.5 Å². The van der Waals surface area contributed by atoms with Crippen molar-refractivity contribution in [1.82, 2.24) is 9.78 Å². The van der Waals surface area contributed by atoms with Gasteiger partial charge in [-0.25, -0.2) is 4.79 Å². The molecule has 0 aromatic carbocycles. The van der Waals surface area contributed by atoms with Crippen LogP contribution in [-0.4, -0.2) is 44.0 Å². The summed E-state index contributed by atoms with van der Waals surface area (Å²) in [6.07, 6.45) is 4.08. The highest BCUT2D eigenvalue weighted by atomic mass is 35.6. The minimum atomic E-state index is -1.91. The molecule has 2 fully saturated rings. The summed E-state index contributed by atoms with van der Waals surface area (Å²) in [6.45, 7) is 0. The molecule has 3 rings (SSSR count). The number of alkyl halides is 3. The fourth-order valence-corrected chi connectivity index (χ4v) is 3.34. The van der Waals surface area contributed by atoms with E-state index in [-0.39, 0.29) is 18.6 Å². The Morgan fingerprint density at radius 2 is 2.12 bits per heavy atom. The van der Waals surface area contributed by atoms with Gasteiger partial charge >= 0.3 is 11.9 Å². The summed E-state index contributed by atoms with van der Waals surface area (Å²) in [6, 6.07) is 1.81. The van der Waals surface area contributed by atoms with Crippen molar-refractivity contribution in [2.24, 2.45) is 0 Å². The lowest BCUT2D eigenvalue weighted by molar-refractivity contribution is -0.157. The van der Waals surface area contributed by atoms with Gasteiger partial charge < -0.3 is 14.2 Å². The van der Waals surface area contributed by atoms with Gasteiger partial charge in [0.25, 0.3) is 10.1 Å². The van der Waals surface area contributed by atoms with E-state index in [1.807, 2.05) is 12.3 Å². The fraction of sp³-hybridized carbons (Fsp3) is 0.667. The first-order valence-electron chi connectivity index (χ1n) is 7.96. The molecule has 25 heavy (non-hydrogen) atoms. The predicted octanol–water partition coefficient (Wildman–Crippen LogP) is 2.94. The summed E-state index contributed by atoms with van der Waals surface area (Å²) < 4.78 is 15.5. The first-order valence-corrected chi connectivity index (χ1v) is 9.09. The van der Waals surface area contributed by atoms with Gasteiger partial charge in [0, 0.05) is 12.4 Å². The topological polar surface area (TPSA) is 79.6 Å². The third-order valence-electron chi connectivity index (χ3n) is 4.21. The lowest BCUT2D eigenvalue weighted by Gasteiger charge is -2.31. The maximum absolute atomic E-state index is 12.2. The Balaban J connectivity index is 1.57. The average Bonchev–Trinajstić information content (AvgIpc) is 3.18. The van der Waals surface area contributed by atoms with Gasteiger partial charge in [-0.1, -0.05) is 41.2 Å². The standard InChI is InChI=1S/C15H17Cl3N2O5/c16-15(17,18)14-24-11(13(22)25-14)8-12(21)23-10-5-2-1-4-9(10)20-7-3-6-19-20/h3,6-7,9-11,14H,1-2,4-5,8H2/t9-,10-,11-,14+/m0/s1. The van der Waals surface area contributed by atoms with Crippen LogP contribution in [0, 0.1) is 0 Å². The Bertz CT molecular complexity index is 619. The molecule has 1 saturated carbocycles. The number of carbonyl (C=O) groups is 2. The molecule has 0 radical (unpaired) electrons. The largest absolute Gasteiger partial charge is 0.460 e. The van der Waals surface area contributed by atoms with Crippen LogP contribution in [0.25, 0.3) is 0 Å². The molecular formula is C15H17Cl3N2O5. The lowest BCUT2D eigenvalue weighted by atomic mass is 9.92. The minimum absolute atomic E-state index is 0.0157. The summed E-state index contributed by atoms with van der Waals surface area (Å²) in [5.41, 5.74) is 0. The van der Waals surface area contributed by atoms with Crippen molar-refractivity contribution in [2.75, 3.05) is 0 Å². The number of esters is 2. The fourth-order valence-electron chi connectivity index (χ4n) is 3.05. The van der Waals surface area contributed by atoms with Gasteiger partial charge in [-0.3, -0.25) is 9.48 Å². The van der Waals surface area contributed by atoms with Gasteiger partial charge in [0.15, 0.2) is 6.10 Å². The van der Waals surface area contributed by atoms with Crippen molar-refractivity contribution in [1.29, 1.82) is 0 Å². The second-order valence-corrected chi connectivity index (χ2v) is 8.37. The van der Waals surface area contributed by atoms with Crippen LogP contribution in [-0.2, 0) is 23.8 Å². The molecule has 0 unspecified atom stereocenters. The van der Waals surface area contributed by atoms with Gasteiger partial charge in [-0.15, -0.1) is 0 Å². The molecule has 1 saturated heterocycles. The summed E-state index contributed by atoms with van der Waals surface area (Å²) in [5, 5.41) is 4.23. The molecule has 7 nitrogen and oxygen atoms in total. The number of ether oxygens (including phenoxy) is 3. The normalized spacial score (nSPS) is 30.1. The summed E-state index contributed by atoms with van der Waals surface area (Å²) in [5.74, 6) is -1.31. The first kappa shape index (κ1) is 18.8. The molecule has 2 aliphatic rings. The molecular weight excluding hydrogens is 395 g/mol. The summed E-state index contributed by atoms with van der Waals surface area (Å²) in [4.78, 5) is 24.0. The number of halogens is 3. The Morgan fingerprint density at radius 3 is 2.76 bits per heavy atom. The zero-order valence-electron chi connectivity index (χ0n) is 13.1. The zero-order valence-corrected chi connectivity index (χ0v) is 15.4. The van der Waals surface area contributed by atoms with Crippen LogP contribution < -0.4 is 0 Å². The number of hydrogen-bond donors (Lipinski definition) is 0. The van der Waals surface area contributed by atoms with E-state index >= 15 is 0 Å². The van der Waals surface area contributed by atoms with Gasteiger partial charge in [0.1, 0.15) is 6.10 Å². The van der Waals surface area contributed by atoms with Crippen molar-refractivity contribution in [2.45, 2.75) is 60.4 Å². The Morgan fingerprint density at radius 1 is 1.36 bits per heavy atom. The zero-order chi connectivity index (χ0) is 18.0. The second-order valence-electron chi connectivity index (χ2n) is 6.01. The highest BCUT2D eigenvalue weighted by Gasteiger charge is 2.47. The minimum Gasteiger partial charge on any atom is -0.460 e.